The molecule has 68 valence electrons. The Bertz CT molecular complexity index is 377. The summed E-state index contributed by atoms with van der Waals surface area (Å²) in [5.74, 6) is -1.35. The summed E-state index contributed by atoms with van der Waals surface area (Å²) in [5.41, 5.74) is -0.823. The number of benzene rings is 1. The zero-order valence-electron chi connectivity index (χ0n) is 6.30. The fourth-order valence-corrected chi connectivity index (χ4v) is 1.20. The molecule has 1 aromatic carbocycles. The van der Waals surface area contributed by atoms with Gasteiger partial charge < -0.3 is 5.11 Å². The summed E-state index contributed by atoms with van der Waals surface area (Å²) in [6, 6.07) is 3.90. The molecular formula is C7H5NO4S. The van der Waals surface area contributed by atoms with Gasteiger partial charge in [0.25, 0.3) is 5.69 Å². The van der Waals surface area contributed by atoms with Gasteiger partial charge in [-0.2, -0.15) is 0 Å². The molecule has 0 aromatic heterocycles. The molecule has 1 aromatic rings. The molecule has 0 aliphatic carbocycles. The van der Waals surface area contributed by atoms with E-state index in [0.717, 1.165) is 6.07 Å². The van der Waals surface area contributed by atoms with Crippen molar-refractivity contribution >= 4 is 24.3 Å². The van der Waals surface area contributed by atoms with Gasteiger partial charge in [0.2, 0.25) is 0 Å². The molecule has 1 rings (SSSR count). The Balaban J connectivity index is 3.43. The minimum absolute atomic E-state index is 0.0849. The average Bonchev–Trinajstić information content (AvgIpc) is 2.02. The molecule has 1 N–H and O–H groups in total. The van der Waals surface area contributed by atoms with Gasteiger partial charge in [-0.15, -0.1) is 12.6 Å². The maximum Gasteiger partial charge on any atom is 0.343 e. The van der Waals surface area contributed by atoms with Gasteiger partial charge in [-0.3, -0.25) is 10.1 Å². The van der Waals surface area contributed by atoms with Gasteiger partial charge in [0.15, 0.2) is 5.56 Å². The van der Waals surface area contributed by atoms with Gasteiger partial charge in [-0.25, -0.2) is 4.79 Å². The van der Waals surface area contributed by atoms with E-state index < -0.39 is 16.6 Å². The molecule has 5 nitrogen and oxygen atoms in total. The van der Waals surface area contributed by atoms with Crippen LogP contribution in [0, 0.1) is 10.1 Å². The third kappa shape index (κ3) is 1.78. The van der Waals surface area contributed by atoms with Gasteiger partial charge in [-0.1, -0.05) is 6.07 Å². The van der Waals surface area contributed by atoms with Crippen LogP contribution in [0.3, 0.4) is 0 Å². The predicted octanol–water partition coefficient (Wildman–Crippen LogP) is 1.58. The number of nitrogens with zero attached hydrogens (tertiary/aromatic N) is 1. The average molecular weight is 199 g/mol. The number of carbonyl (C=O) groups is 1. The summed E-state index contributed by atoms with van der Waals surface area (Å²) in [6.45, 7) is 0. The Labute approximate surface area is 78.6 Å². The number of carboxylic acid groups (broad SMARTS) is 1. The number of thiol groups is 1. The van der Waals surface area contributed by atoms with Gasteiger partial charge in [0, 0.05) is 11.0 Å². The van der Waals surface area contributed by atoms with Crippen LogP contribution in [-0.4, -0.2) is 16.0 Å². The zero-order valence-corrected chi connectivity index (χ0v) is 7.19. The maximum absolute atomic E-state index is 10.6. The van der Waals surface area contributed by atoms with E-state index in [1.807, 2.05) is 0 Å². The van der Waals surface area contributed by atoms with Gasteiger partial charge >= 0.3 is 5.97 Å². The quantitative estimate of drug-likeness (QED) is 0.430. The van der Waals surface area contributed by atoms with Crippen LogP contribution in [0.2, 0.25) is 0 Å². The first-order valence-electron chi connectivity index (χ1n) is 3.23. The van der Waals surface area contributed by atoms with Crippen molar-refractivity contribution in [3.63, 3.8) is 0 Å². The van der Waals surface area contributed by atoms with E-state index in [4.69, 9.17) is 5.11 Å². The summed E-state index contributed by atoms with van der Waals surface area (Å²) in [7, 11) is 0. The van der Waals surface area contributed by atoms with Crippen LogP contribution < -0.4 is 0 Å². The monoisotopic (exact) mass is 199 g/mol. The Morgan fingerprint density at radius 2 is 2.15 bits per heavy atom. The lowest BCUT2D eigenvalue weighted by molar-refractivity contribution is -0.385. The molecule has 0 saturated heterocycles. The van der Waals surface area contributed by atoms with Crippen molar-refractivity contribution in [1.29, 1.82) is 0 Å². The minimum Gasteiger partial charge on any atom is -0.477 e. The molecule has 0 unspecified atom stereocenters. The van der Waals surface area contributed by atoms with Crippen molar-refractivity contribution < 1.29 is 14.8 Å². The predicted molar refractivity (Wildman–Crippen MR) is 47.3 cm³/mol. The highest BCUT2D eigenvalue weighted by molar-refractivity contribution is 7.80. The summed E-state index contributed by atoms with van der Waals surface area (Å²) < 4.78 is 0. The Kier molecular flexibility index (Phi) is 2.52. The molecule has 0 fully saturated rings. The fraction of sp³-hybridized carbons (Fsp3) is 0. The van der Waals surface area contributed by atoms with Crippen molar-refractivity contribution in [1.82, 2.24) is 0 Å². The van der Waals surface area contributed by atoms with E-state index in [1.165, 1.54) is 12.1 Å². The first-order valence-corrected chi connectivity index (χ1v) is 3.68. The molecule has 0 aliphatic heterocycles. The van der Waals surface area contributed by atoms with Crippen molar-refractivity contribution in [2.24, 2.45) is 0 Å². The SMILES string of the molecule is O=C(O)c1c(S)cccc1[N+](=O)[O-]. The number of hydrogen-bond acceptors (Lipinski definition) is 4. The van der Waals surface area contributed by atoms with E-state index in [0.29, 0.717) is 0 Å². The Morgan fingerprint density at radius 1 is 1.54 bits per heavy atom. The molecule has 6 heteroatoms. The lowest BCUT2D eigenvalue weighted by Gasteiger charge is -1.99. The standard InChI is InChI=1S/C7H5NO4S/c9-7(10)6-4(8(11)12)2-1-3-5(6)13/h1-3,13H,(H,9,10). The van der Waals surface area contributed by atoms with Crippen LogP contribution in [0.25, 0.3) is 0 Å². The van der Waals surface area contributed by atoms with Crippen molar-refractivity contribution in [3.8, 4) is 0 Å². The van der Waals surface area contributed by atoms with E-state index in [9.17, 15) is 14.9 Å². The van der Waals surface area contributed by atoms with Crippen LogP contribution in [0.5, 0.6) is 0 Å². The van der Waals surface area contributed by atoms with Crippen LogP contribution in [0.4, 0.5) is 5.69 Å². The van der Waals surface area contributed by atoms with Gasteiger partial charge in [-0.05, 0) is 6.07 Å². The molecule has 0 atom stereocenters. The number of nitro benzene ring substituents is 1. The molecule has 0 heterocycles. The Hall–Kier alpha value is -1.56. The third-order valence-corrected chi connectivity index (χ3v) is 1.80. The summed E-state index contributed by atoms with van der Waals surface area (Å²) in [4.78, 5) is 20.3. The Morgan fingerprint density at radius 3 is 2.54 bits per heavy atom. The molecule has 0 bridgehead atoms. The molecule has 13 heavy (non-hydrogen) atoms. The zero-order chi connectivity index (χ0) is 10.0. The number of carboxylic acids is 1. The number of rotatable bonds is 2. The highest BCUT2D eigenvalue weighted by Crippen LogP contribution is 2.24. The van der Waals surface area contributed by atoms with E-state index in [-0.39, 0.29) is 10.5 Å². The third-order valence-electron chi connectivity index (χ3n) is 1.43. The second-order valence-electron chi connectivity index (χ2n) is 2.23. The molecule has 0 spiro atoms. The maximum atomic E-state index is 10.6. The first-order chi connectivity index (χ1) is 6.04. The molecule has 0 amide bonds. The van der Waals surface area contributed by atoms with Crippen LogP contribution in [0.15, 0.2) is 23.1 Å². The summed E-state index contributed by atoms with van der Waals surface area (Å²) >= 11 is 3.82. The van der Waals surface area contributed by atoms with Crippen LogP contribution >= 0.6 is 12.6 Å². The van der Waals surface area contributed by atoms with E-state index in [1.54, 1.807) is 0 Å². The highest BCUT2D eigenvalue weighted by atomic mass is 32.1. The van der Waals surface area contributed by atoms with Crippen molar-refractivity contribution in [2.75, 3.05) is 0 Å². The lowest BCUT2D eigenvalue weighted by Crippen LogP contribution is -2.03. The second-order valence-corrected chi connectivity index (χ2v) is 2.72. The second kappa shape index (κ2) is 3.44. The van der Waals surface area contributed by atoms with E-state index in [2.05, 4.69) is 12.6 Å². The van der Waals surface area contributed by atoms with Crippen LogP contribution in [0.1, 0.15) is 10.4 Å². The van der Waals surface area contributed by atoms with Crippen molar-refractivity contribution in [3.05, 3.63) is 33.9 Å². The molecular weight excluding hydrogens is 194 g/mol. The van der Waals surface area contributed by atoms with Gasteiger partial charge in [0.05, 0.1) is 4.92 Å². The normalized spacial score (nSPS) is 9.62. The fourth-order valence-electron chi connectivity index (χ4n) is 0.900. The van der Waals surface area contributed by atoms with Crippen LogP contribution in [-0.2, 0) is 0 Å². The number of hydrogen-bond donors (Lipinski definition) is 2. The molecule has 0 radical (unpaired) electrons. The van der Waals surface area contributed by atoms with E-state index >= 15 is 0 Å². The van der Waals surface area contributed by atoms with Gasteiger partial charge in [0.1, 0.15) is 0 Å². The number of nitro groups is 1. The smallest absolute Gasteiger partial charge is 0.343 e. The molecule has 0 saturated carbocycles. The highest BCUT2D eigenvalue weighted by Gasteiger charge is 2.21. The first kappa shape index (κ1) is 9.53. The van der Waals surface area contributed by atoms with Crippen molar-refractivity contribution in [2.45, 2.75) is 4.90 Å². The number of aromatic carboxylic acids is 1. The summed E-state index contributed by atoms with van der Waals surface area (Å²) in [6.07, 6.45) is 0. The minimum atomic E-state index is -1.35. The largest absolute Gasteiger partial charge is 0.477 e. The lowest BCUT2D eigenvalue weighted by atomic mass is 10.2. The molecule has 0 aliphatic rings. The topological polar surface area (TPSA) is 80.4 Å². The summed E-state index contributed by atoms with van der Waals surface area (Å²) in [5, 5.41) is 19.0.